The van der Waals surface area contributed by atoms with E-state index in [-0.39, 0.29) is 0 Å². The van der Waals surface area contributed by atoms with Gasteiger partial charge in [0, 0.05) is 38.4 Å². The summed E-state index contributed by atoms with van der Waals surface area (Å²) in [5.74, 6) is 1.98. The van der Waals surface area contributed by atoms with E-state index in [1.54, 1.807) is 0 Å². The maximum atomic E-state index is 4.79. The van der Waals surface area contributed by atoms with Gasteiger partial charge in [-0.3, -0.25) is 0 Å². The zero-order chi connectivity index (χ0) is 14.4. The van der Waals surface area contributed by atoms with Crippen molar-refractivity contribution in [1.29, 1.82) is 0 Å². The highest BCUT2D eigenvalue weighted by Crippen LogP contribution is 2.20. The molecule has 0 saturated carbocycles. The minimum absolute atomic E-state index is 0.922. The zero-order valence-electron chi connectivity index (χ0n) is 13.2. The topological polar surface area (TPSA) is 32.3 Å². The molecule has 112 valence electrons. The Balaban J connectivity index is 2.14. The number of rotatable bonds is 5. The van der Waals surface area contributed by atoms with E-state index in [4.69, 9.17) is 4.98 Å². The lowest BCUT2D eigenvalue weighted by atomic mass is 10.2. The summed E-state index contributed by atoms with van der Waals surface area (Å²) in [5, 5.41) is 0. The molecule has 1 fully saturated rings. The first-order valence-corrected chi connectivity index (χ1v) is 8.02. The van der Waals surface area contributed by atoms with Crippen molar-refractivity contribution >= 4 is 11.8 Å². The summed E-state index contributed by atoms with van der Waals surface area (Å²) in [7, 11) is 2.13. The number of unbranched alkanes of at least 4 members (excludes halogenated alkanes) is 1. The molecular weight excluding hydrogens is 248 g/mol. The predicted molar refractivity (Wildman–Crippen MR) is 85.6 cm³/mol. The lowest BCUT2D eigenvalue weighted by Crippen LogP contribution is -2.28. The highest BCUT2D eigenvalue weighted by Gasteiger charge is 2.14. The average Bonchev–Trinajstić information content (AvgIpc) is 2.73. The molecule has 0 radical (unpaired) electrons. The van der Waals surface area contributed by atoms with Crippen LogP contribution in [-0.4, -0.2) is 36.6 Å². The van der Waals surface area contributed by atoms with Gasteiger partial charge in [0.2, 0.25) is 5.95 Å². The number of aromatic nitrogens is 2. The Labute approximate surface area is 123 Å². The van der Waals surface area contributed by atoms with Crippen LogP contribution in [0.1, 0.15) is 51.1 Å². The molecule has 1 aliphatic heterocycles. The van der Waals surface area contributed by atoms with Crippen molar-refractivity contribution < 1.29 is 0 Å². The zero-order valence-corrected chi connectivity index (χ0v) is 13.2. The molecule has 0 unspecified atom stereocenters. The summed E-state index contributed by atoms with van der Waals surface area (Å²) in [6.07, 6.45) is 7.62. The largest absolute Gasteiger partial charge is 0.360 e. The van der Waals surface area contributed by atoms with Crippen molar-refractivity contribution in [3.63, 3.8) is 0 Å². The van der Waals surface area contributed by atoms with Crippen LogP contribution in [0.15, 0.2) is 6.07 Å². The highest BCUT2D eigenvalue weighted by molar-refractivity contribution is 5.45. The van der Waals surface area contributed by atoms with Crippen LogP contribution in [-0.2, 0) is 0 Å². The fraction of sp³-hybridized carbons (Fsp3) is 0.750. The van der Waals surface area contributed by atoms with Crippen LogP contribution >= 0.6 is 0 Å². The quantitative estimate of drug-likeness (QED) is 0.825. The molecule has 0 atom stereocenters. The summed E-state index contributed by atoms with van der Waals surface area (Å²) in [5.41, 5.74) is 1.07. The second-order valence-electron chi connectivity index (χ2n) is 5.84. The van der Waals surface area contributed by atoms with Gasteiger partial charge < -0.3 is 9.80 Å². The van der Waals surface area contributed by atoms with Crippen molar-refractivity contribution in [2.75, 3.05) is 36.5 Å². The maximum absolute atomic E-state index is 4.79. The Morgan fingerprint density at radius 2 is 1.85 bits per heavy atom. The molecule has 0 amide bonds. The number of anilines is 2. The van der Waals surface area contributed by atoms with Crippen LogP contribution in [0.2, 0.25) is 0 Å². The van der Waals surface area contributed by atoms with E-state index in [0.29, 0.717) is 0 Å². The summed E-state index contributed by atoms with van der Waals surface area (Å²) in [6.45, 7) is 7.55. The highest BCUT2D eigenvalue weighted by atomic mass is 15.3. The third-order valence-corrected chi connectivity index (χ3v) is 3.96. The van der Waals surface area contributed by atoms with Crippen molar-refractivity contribution in [1.82, 2.24) is 9.97 Å². The first-order chi connectivity index (χ1) is 9.70. The molecule has 1 saturated heterocycles. The number of aryl methyl sites for hydroxylation is 1. The molecule has 1 aromatic rings. The molecule has 4 heteroatoms. The van der Waals surface area contributed by atoms with Gasteiger partial charge in [0.25, 0.3) is 0 Å². The number of nitrogens with zero attached hydrogens (tertiary/aromatic N) is 4. The van der Waals surface area contributed by atoms with Crippen LogP contribution < -0.4 is 9.80 Å². The number of hydrogen-bond acceptors (Lipinski definition) is 4. The monoisotopic (exact) mass is 276 g/mol. The summed E-state index contributed by atoms with van der Waals surface area (Å²) >= 11 is 0. The Kier molecular flexibility index (Phi) is 5.62. The second-order valence-corrected chi connectivity index (χ2v) is 5.84. The minimum Gasteiger partial charge on any atom is -0.360 e. The van der Waals surface area contributed by atoms with Gasteiger partial charge in [-0.2, -0.15) is 4.98 Å². The normalized spacial score (nSPS) is 16.1. The Morgan fingerprint density at radius 1 is 1.15 bits per heavy atom. The molecule has 4 nitrogen and oxygen atoms in total. The molecule has 0 spiro atoms. The third-order valence-electron chi connectivity index (χ3n) is 3.96. The maximum Gasteiger partial charge on any atom is 0.227 e. The van der Waals surface area contributed by atoms with Crippen molar-refractivity contribution in [3.8, 4) is 0 Å². The predicted octanol–water partition coefficient (Wildman–Crippen LogP) is 3.40. The van der Waals surface area contributed by atoms with E-state index < -0.39 is 0 Å². The molecule has 0 bridgehead atoms. The van der Waals surface area contributed by atoms with Gasteiger partial charge in [0.1, 0.15) is 5.82 Å². The van der Waals surface area contributed by atoms with Crippen LogP contribution in [0.4, 0.5) is 11.8 Å². The second kappa shape index (κ2) is 7.46. The third kappa shape index (κ3) is 4.09. The Morgan fingerprint density at radius 3 is 2.50 bits per heavy atom. The van der Waals surface area contributed by atoms with E-state index in [2.05, 4.69) is 41.7 Å². The fourth-order valence-electron chi connectivity index (χ4n) is 2.65. The van der Waals surface area contributed by atoms with Gasteiger partial charge in [-0.05, 0) is 26.2 Å². The standard InChI is InChI=1S/C16H28N4/c1-4-5-10-19(3)15-13-14(2)17-16(18-15)20-11-8-6-7-9-12-20/h13H,4-12H2,1-3H3. The van der Waals surface area contributed by atoms with E-state index in [1.807, 2.05) is 0 Å². The van der Waals surface area contributed by atoms with Crippen LogP contribution in [0.5, 0.6) is 0 Å². The van der Waals surface area contributed by atoms with Gasteiger partial charge in [-0.15, -0.1) is 0 Å². The SMILES string of the molecule is CCCCN(C)c1cc(C)nc(N2CCCCCC2)n1. The van der Waals surface area contributed by atoms with E-state index in [1.165, 1.54) is 38.5 Å². The summed E-state index contributed by atoms with van der Waals surface area (Å²) < 4.78 is 0. The minimum atomic E-state index is 0.922. The van der Waals surface area contributed by atoms with Crippen molar-refractivity contribution in [2.24, 2.45) is 0 Å². The molecule has 2 rings (SSSR count). The van der Waals surface area contributed by atoms with Crippen LogP contribution in [0.3, 0.4) is 0 Å². The molecule has 20 heavy (non-hydrogen) atoms. The van der Waals surface area contributed by atoms with Gasteiger partial charge in [0.15, 0.2) is 0 Å². The molecule has 0 aliphatic carbocycles. The number of hydrogen-bond donors (Lipinski definition) is 0. The fourth-order valence-corrected chi connectivity index (χ4v) is 2.65. The molecule has 0 aromatic carbocycles. The van der Waals surface area contributed by atoms with Crippen molar-refractivity contribution in [3.05, 3.63) is 11.8 Å². The van der Waals surface area contributed by atoms with E-state index in [9.17, 15) is 0 Å². The van der Waals surface area contributed by atoms with Gasteiger partial charge in [-0.25, -0.2) is 4.98 Å². The van der Waals surface area contributed by atoms with Crippen LogP contribution in [0, 0.1) is 6.92 Å². The van der Waals surface area contributed by atoms with Crippen molar-refractivity contribution in [2.45, 2.75) is 52.4 Å². The Bertz CT molecular complexity index is 411. The summed E-state index contributed by atoms with van der Waals surface area (Å²) in [4.78, 5) is 14.1. The van der Waals surface area contributed by atoms with E-state index in [0.717, 1.165) is 37.1 Å². The first-order valence-electron chi connectivity index (χ1n) is 8.02. The molecular formula is C16H28N4. The molecule has 1 aliphatic rings. The van der Waals surface area contributed by atoms with Gasteiger partial charge in [0.05, 0.1) is 0 Å². The van der Waals surface area contributed by atoms with Crippen LogP contribution in [0.25, 0.3) is 0 Å². The Hall–Kier alpha value is -1.32. The lowest BCUT2D eigenvalue weighted by molar-refractivity contribution is 0.726. The summed E-state index contributed by atoms with van der Waals surface area (Å²) in [6, 6.07) is 2.09. The average molecular weight is 276 g/mol. The molecule has 1 aromatic heterocycles. The smallest absolute Gasteiger partial charge is 0.227 e. The lowest BCUT2D eigenvalue weighted by Gasteiger charge is -2.24. The first kappa shape index (κ1) is 15.1. The molecule has 2 heterocycles. The molecule has 0 N–H and O–H groups in total. The van der Waals surface area contributed by atoms with Gasteiger partial charge >= 0.3 is 0 Å². The van der Waals surface area contributed by atoms with Gasteiger partial charge in [-0.1, -0.05) is 26.2 Å². The van der Waals surface area contributed by atoms with E-state index >= 15 is 0 Å².